The van der Waals surface area contributed by atoms with Crippen LogP contribution in [0.15, 0.2) is 71.6 Å². The highest BCUT2D eigenvalue weighted by Crippen LogP contribution is 2.37. The Kier molecular flexibility index (Phi) is 8.49. The van der Waals surface area contributed by atoms with Gasteiger partial charge in [0.15, 0.2) is 15.5 Å². The van der Waals surface area contributed by atoms with Crippen LogP contribution in [0.5, 0.6) is 0 Å². The van der Waals surface area contributed by atoms with Crippen LogP contribution in [-0.4, -0.2) is 74.7 Å². The first-order valence-corrected chi connectivity index (χ1v) is 15.7. The van der Waals surface area contributed by atoms with Gasteiger partial charge in [-0.25, -0.2) is 13.1 Å². The molecule has 0 bridgehead atoms. The Morgan fingerprint density at radius 3 is 2.59 bits per heavy atom. The lowest BCUT2D eigenvalue weighted by molar-refractivity contribution is 0.0374. The molecule has 3 heterocycles. The number of para-hydroxylation sites is 1. The SMILES string of the molecule is CS(=O)(=O)c1cccc(-c2ccc(-c3cc(C(=O)NCCCN4CCOCC4)nn3-c3ccccc3Cl)s2)c1. The summed E-state index contributed by atoms with van der Waals surface area (Å²) in [5.74, 6) is -0.248. The molecule has 4 aromatic rings. The second-order valence-corrected chi connectivity index (χ2v) is 12.8. The lowest BCUT2D eigenvalue weighted by Gasteiger charge is -2.26. The minimum absolute atomic E-state index is 0.248. The van der Waals surface area contributed by atoms with Gasteiger partial charge in [0, 0.05) is 30.8 Å². The predicted octanol–water partition coefficient (Wildman–Crippen LogP) is 4.78. The molecule has 39 heavy (non-hydrogen) atoms. The summed E-state index contributed by atoms with van der Waals surface area (Å²) in [6.07, 6.45) is 2.04. The van der Waals surface area contributed by atoms with Crippen molar-refractivity contribution in [1.29, 1.82) is 0 Å². The molecule has 1 aliphatic rings. The third-order valence-electron chi connectivity index (χ3n) is 6.47. The number of nitrogens with zero attached hydrogens (tertiary/aromatic N) is 3. The van der Waals surface area contributed by atoms with Gasteiger partial charge in [-0.2, -0.15) is 5.10 Å². The van der Waals surface area contributed by atoms with Gasteiger partial charge < -0.3 is 10.1 Å². The summed E-state index contributed by atoms with van der Waals surface area (Å²) in [5.41, 5.74) is 2.48. The molecule has 2 aromatic heterocycles. The minimum Gasteiger partial charge on any atom is -0.379 e. The number of hydrogen-bond acceptors (Lipinski definition) is 7. The number of halogens is 1. The topological polar surface area (TPSA) is 93.5 Å². The van der Waals surface area contributed by atoms with Crippen LogP contribution in [0.4, 0.5) is 0 Å². The number of ether oxygens (including phenoxy) is 1. The van der Waals surface area contributed by atoms with E-state index in [1.165, 1.54) is 17.6 Å². The van der Waals surface area contributed by atoms with Crippen LogP contribution in [0.1, 0.15) is 16.9 Å². The van der Waals surface area contributed by atoms with Crippen molar-refractivity contribution in [2.75, 3.05) is 45.6 Å². The molecule has 5 rings (SSSR count). The van der Waals surface area contributed by atoms with E-state index in [1.807, 2.05) is 36.4 Å². The number of nitrogens with one attached hydrogen (secondary N) is 1. The Labute approximate surface area is 237 Å². The monoisotopic (exact) mass is 584 g/mol. The molecule has 1 fully saturated rings. The summed E-state index contributed by atoms with van der Waals surface area (Å²) in [7, 11) is -3.33. The fourth-order valence-electron chi connectivity index (χ4n) is 4.41. The molecule has 204 valence electrons. The number of morpholine rings is 1. The van der Waals surface area contributed by atoms with Gasteiger partial charge in [-0.15, -0.1) is 11.3 Å². The molecule has 1 saturated heterocycles. The van der Waals surface area contributed by atoms with Crippen molar-refractivity contribution in [3.8, 4) is 26.7 Å². The Balaban J connectivity index is 1.40. The van der Waals surface area contributed by atoms with E-state index >= 15 is 0 Å². The number of thiophene rings is 1. The summed E-state index contributed by atoms with van der Waals surface area (Å²) < 4.78 is 31.2. The zero-order valence-electron chi connectivity index (χ0n) is 21.5. The molecule has 1 amide bonds. The van der Waals surface area contributed by atoms with Gasteiger partial charge >= 0.3 is 0 Å². The normalized spacial score (nSPS) is 14.4. The molecule has 0 radical (unpaired) electrons. The van der Waals surface area contributed by atoms with E-state index in [2.05, 4.69) is 15.3 Å². The van der Waals surface area contributed by atoms with Crippen LogP contribution < -0.4 is 5.32 Å². The molecule has 0 atom stereocenters. The first kappa shape index (κ1) is 27.5. The Morgan fingerprint density at radius 1 is 1.05 bits per heavy atom. The smallest absolute Gasteiger partial charge is 0.271 e. The number of carbonyl (C=O) groups is 1. The molecular formula is C28H29ClN4O4S2. The maximum absolute atomic E-state index is 13.1. The first-order chi connectivity index (χ1) is 18.8. The van der Waals surface area contributed by atoms with Crippen molar-refractivity contribution in [3.05, 3.63) is 77.4 Å². The second-order valence-electron chi connectivity index (χ2n) is 9.31. The summed E-state index contributed by atoms with van der Waals surface area (Å²) >= 11 is 8.01. The van der Waals surface area contributed by atoms with Crippen molar-refractivity contribution in [2.45, 2.75) is 11.3 Å². The predicted molar refractivity (Wildman–Crippen MR) is 155 cm³/mol. The number of carbonyl (C=O) groups excluding carboxylic acids is 1. The van der Waals surface area contributed by atoms with Crippen molar-refractivity contribution in [1.82, 2.24) is 20.0 Å². The summed E-state index contributed by atoms with van der Waals surface area (Å²) in [5, 5.41) is 8.14. The van der Waals surface area contributed by atoms with Gasteiger partial charge in [0.1, 0.15) is 0 Å². The zero-order valence-corrected chi connectivity index (χ0v) is 23.9. The lowest BCUT2D eigenvalue weighted by atomic mass is 10.2. The first-order valence-electron chi connectivity index (χ1n) is 12.6. The van der Waals surface area contributed by atoms with Crippen LogP contribution >= 0.6 is 22.9 Å². The van der Waals surface area contributed by atoms with E-state index in [-0.39, 0.29) is 10.8 Å². The number of sulfone groups is 1. The molecule has 1 N–H and O–H groups in total. The fraction of sp³-hybridized carbons (Fsp3) is 0.286. The third kappa shape index (κ3) is 6.59. The van der Waals surface area contributed by atoms with Crippen LogP contribution in [0.2, 0.25) is 5.02 Å². The van der Waals surface area contributed by atoms with E-state index in [4.69, 9.17) is 16.3 Å². The highest BCUT2D eigenvalue weighted by molar-refractivity contribution is 7.90. The molecule has 0 saturated carbocycles. The highest BCUT2D eigenvalue weighted by atomic mass is 35.5. The van der Waals surface area contributed by atoms with Crippen molar-refractivity contribution in [3.63, 3.8) is 0 Å². The third-order valence-corrected chi connectivity index (χ3v) is 9.05. The van der Waals surface area contributed by atoms with Gasteiger partial charge in [-0.3, -0.25) is 9.69 Å². The van der Waals surface area contributed by atoms with Crippen molar-refractivity contribution < 1.29 is 17.9 Å². The molecule has 8 nitrogen and oxygen atoms in total. The average Bonchev–Trinajstić information content (AvgIpc) is 3.60. The van der Waals surface area contributed by atoms with Crippen LogP contribution in [0.3, 0.4) is 0 Å². The summed E-state index contributed by atoms with van der Waals surface area (Å²) in [6, 6.07) is 19.9. The molecular weight excluding hydrogens is 556 g/mol. The molecule has 1 aliphatic heterocycles. The second kappa shape index (κ2) is 12.0. The van der Waals surface area contributed by atoms with Gasteiger partial charge in [0.05, 0.1) is 39.4 Å². The summed E-state index contributed by atoms with van der Waals surface area (Å²) in [6.45, 7) is 4.79. The van der Waals surface area contributed by atoms with Gasteiger partial charge in [-0.05, 0) is 61.0 Å². The maximum Gasteiger partial charge on any atom is 0.271 e. The van der Waals surface area contributed by atoms with E-state index in [9.17, 15) is 13.2 Å². The maximum atomic E-state index is 13.1. The Hall–Kier alpha value is -3.02. The molecule has 0 spiro atoms. The van der Waals surface area contributed by atoms with Crippen LogP contribution in [0, 0.1) is 0 Å². The van der Waals surface area contributed by atoms with Crippen LogP contribution in [0.25, 0.3) is 26.7 Å². The number of hydrogen-bond donors (Lipinski definition) is 1. The van der Waals surface area contributed by atoms with Crippen LogP contribution in [-0.2, 0) is 14.6 Å². The number of aromatic nitrogens is 2. The molecule has 0 aliphatic carbocycles. The summed E-state index contributed by atoms with van der Waals surface area (Å²) in [4.78, 5) is 17.4. The number of rotatable bonds is 9. The number of amides is 1. The largest absolute Gasteiger partial charge is 0.379 e. The Bertz CT molecular complexity index is 1580. The zero-order chi connectivity index (χ0) is 27.4. The van der Waals surface area contributed by atoms with E-state index in [1.54, 1.807) is 35.0 Å². The minimum atomic E-state index is -3.33. The van der Waals surface area contributed by atoms with E-state index < -0.39 is 9.84 Å². The lowest BCUT2D eigenvalue weighted by Crippen LogP contribution is -2.38. The standard InChI is InChI=1S/C28H29ClN4O4S2/c1-39(35,36)21-7-4-6-20(18-21)26-10-11-27(38-26)25-19-23(31-33(25)24-9-3-2-8-22(24)29)28(34)30-12-5-13-32-14-16-37-17-15-32/h2-4,6-11,18-19H,5,12-17H2,1H3,(H,30,34). The van der Waals surface area contributed by atoms with Gasteiger partial charge in [0.2, 0.25) is 0 Å². The molecule has 11 heteroatoms. The molecule has 0 unspecified atom stereocenters. The van der Waals surface area contributed by atoms with Gasteiger partial charge in [0.25, 0.3) is 5.91 Å². The van der Waals surface area contributed by atoms with E-state index in [0.29, 0.717) is 22.9 Å². The highest BCUT2D eigenvalue weighted by Gasteiger charge is 2.20. The van der Waals surface area contributed by atoms with Crippen molar-refractivity contribution in [2.24, 2.45) is 0 Å². The average molecular weight is 585 g/mol. The number of benzene rings is 2. The van der Waals surface area contributed by atoms with E-state index in [0.717, 1.165) is 60.3 Å². The fourth-order valence-corrected chi connectivity index (χ4v) is 6.29. The molecule has 2 aromatic carbocycles. The van der Waals surface area contributed by atoms with Crippen molar-refractivity contribution >= 4 is 38.7 Å². The quantitative estimate of drug-likeness (QED) is 0.285. The van der Waals surface area contributed by atoms with Gasteiger partial charge in [-0.1, -0.05) is 35.9 Å². The Morgan fingerprint density at radius 2 is 1.82 bits per heavy atom.